The number of fused-ring (bicyclic) bond motifs is 1. The summed E-state index contributed by atoms with van der Waals surface area (Å²) in [6.07, 6.45) is 7.96. The van der Waals surface area contributed by atoms with Crippen molar-refractivity contribution in [3.63, 3.8) is 0 Å². The maximum absolute atomic E-state index is 13.1. The third kappa shape index (κ3) is 6.71. The number of ether oxygens (including phenoxy) is 2. The van der Waals surface area contributed by atoms with Crippen LogP contribution in [-0.2, 0) is 16.0 Å². The molecule has 1 aromatic rings. The van der Waals surface area contributed by atoms with Crippen LogP contribution in [0.3, 0.4) is 0 Å². The van der Waals surface area contributed by atoms with E-state index in [4.69, 9.17) is 9.47 Å². The molecule has 0 spiro atoms. The Morgan fingerprint density at radius 3 is 2.63 bits per heavy atom. The highest BCUT2D eigenvalue weighted by atomic mass is 16.5. The van der Waals surface area contributed by atoms with E-state index in [9.17, 15) is 4.79 Å². The molecular formula is C25H40N2O3. The fraction of sp³-hybridized carbons (Fsp3) is 0.720. The summed E-state index contributed by atoms with van der Waals surface area (Å²) in [5, 5.41) is 0. The number of hydrogen-bond acceptors (Lipinski definition) is 4. The lowest BCUT2D eigenvalue weighted by molar-refractivity contribution is -0.133. The Morgan fingerprint density at radius 2 is 1.90 bits per heavy atom. The summed E-state index contributed by atoms with van der Waals surface area (Å²) in [6, 6.07) is 8.82. The molecule has 0 aliphatic carbocycles. The molecule has 168 valence electrons. The van der Waals surface area contributed by atoms with Crippen molar-refractivity contribution in [2.24, 2.45) is 5.92 Å². The van der Waals surface area contributed by atoms with Crippen LogP contribution in [0.15, 0.2) is 24.3 Å². The first-order chi connectivity index (χ1) is 14.6. The summed E-state index contributed by atoms with van der Waals surface area (Å²) < 4.78 is 11.0. The Hall–Kier alpha value is -1.59. The van der Waals surface area contributed by atoms with Crippen LogP contribution in [-0.4, -0.2) is 67.7 Å². The molecule has 2 saturated heterocycles. The smallest absolute Gasteiger partial charge is 0.222 e. The highest BCUT2D eigenvalue weighted by Crippen LogP contribution is 2.31. The van der Waals surface area contributed by atoms with Crippen LogP contribution in [0, 0.1) is 5.92 Å². The Bertz CT molecular complexity index is 644. The monoisotopic (exact) mass is 416 g/mol. The van der Waals surface area contributed by atoms with Gasteiger partial charge in [-0.1, -0.05) is 18.6 Å². The van der Waals surface area contributed by atoms with Crippen molar-refractivity contribution in [2.45, 2.75) is 70.9 Å². The molecule has 3 rings (SSSR count). The first-order valence-electron chi connectivity index (χ1n) is 11.8. The van der Waals surface area contributed by atoms with Crippen molar-refractivity contribution in [2.75, 3.05) is 39.9 Å². The van der Waals surface area contributed by atoms with E-state index in [1.165, 1.54) is 50.8 Å². The molecule has 2 aliphatic heterocycles. The first kappa shape index (κ1) is 23.1. The van der Waals surface area contributed by atoms with Gasteiger partial charge in [-0.25, -0.2) is 0 Å². The summed E-state index contributed by atoms with van der Waals surface area (Å²) in [7, 11) is 1.72. The molecule has 0 saturated carbocycles. The summed E-state index contributed by atoms with van der Waals surface area (Å²) in [6.45, 7) is 8.71. The summed E-state index contributed by atoms with van der Waals surface area (Å²) in [5.41, 5.74) is 1.18. The first-order valence-corrected chi connectivity index (χ1v) is 11.8. The molecule has 0 radical (unpaired) electrons. The molecule has 2 unspecified atom stereocenters. The van der Waals surface area contributed by atoms with E-state index in [1.54, 1.807) is 7.11 Å². The van der Waals surface area contributed by atoms with Gasteiger partial charge >= 0.3 is 0 Å². The maximum Gasteiger partial charge on any atom is 0.222 e. The summed E-state index contributed by atoms with van der Waals surface area (Å²) >= 11 is 0. The van der Waals surface area contributed by atoms with E-state index in [0.29, 0.717) is 31.5 Å². The molecule has 0 aromatic heterocycles. The molecule has 2 aliphatic rings. The molecule has 2 atom stereocenters. The van der Waals surface area contributed by atoms with Gasteiger partial charge in [0.15, 0.2) is 0 Å². The Morgan fingerprint density at radius 1 is 1.13 bits per heavy atom. The van der Waals surface area contributed by atoms with Gasteiger partial charge in [0.05, 0.1) is 12.7 Å². The Labute approximate surface area is 182 Å². The van der Waals surface area contributed by atoms with Crippen molar-refractivity contribution in [3.05, 3.63) is 29.8 Å². The van der Waals surface area contributed by atoms with E-state index < -0.39 is 0 Å². The Kier molecular flexibility index (Phi) is 9.01. The van der Waals surface area contributed by atoms with Gasteiger partial charge < -0.3 is 19.3 Å². The predicted octanol–water partition coefficient (Wildman–Crippen LogP) is 4.15. The van der Waals surface area contributed by atoms with Gasteiger partial charge in [0.1, 0.15) is 5.75 Å². The SMILES string of the molecule is COCCN(CC1CCCN2CCCCC12)C(=O)CCc1ccc(OC(C)C)cc1. The molecule has 30 heavy (non-hydrogen) atoms. The van der Waals surface area contributed by atoms with E-state index in [-0.39, 0.29) is 12.0 Å². The van der Waals surface area contributed by atoms with Crippen molar-refractivity contribution in [1.82, 2.24) is 9.80 Å². The second kappa shape index (κ2) is 11.7. The van der Waals surface area contributed by atoms with E-state index in [0.717, 1.165) is 18.7 Å². The number of benzene rings is 1. The van der Waals surface area contributed by atoms with Crippen LogP contribution in [0.4, 0.5) is 0 Å². The van der Waals surface area contributed by atoms with Crippen LogP contribution in [0.1, 0.15) is 57.9 Å². The van der Waals surface area contributed by atoms with Gasteiger partial charge in [0.25, 0.3) is 0 Å². The van der Waals surface area contributed by atoms with E-state index in [2.05, 4.69) is 21.9 Å². The average Bonchev–Trinajstić information content (AvgIpc) is 2.75. The van der Waals surface area contributed by atoms with E-state index >= 15 is 0 Å². The van der Waals surface area contributed by atoms with Gasteiger partial charge in [0.2, 0.25) is 5.91 Å². The Balaban J connectivity index is 1.55. The number of hydrogen-bond donors (Lipinski definition) is 0. The number of rotatable bonds is 10. The van der Waals surface area contributed by atoms with Gasteiger partial charge in [-0.05, 0) is 82.7 Å². The highest BCUT2D eigenvalue weighted by Gasteiger charge is 2.34. The van der Waals surface area contributed by atoms with Crippen LogP contribution in [0.5, 0.6) is 5.75 Å². The fourth-order valence-electron chi connectivity index (χ4n) is 5.01. The van der Waals surface area contributed by atoms with Gasteiger partial charge in [-0.3, -0.25) is 4.79 Å². The van der Waals surface area contributed by atoms with Crippen molar-refractivity contribution >= 4 is 5.91 Å². The zero-order valence-corrected chi connectivity index (χ0v) is 19.1. The molecule has 0 N–H and O–H groups in total. The van der Waals surface area contributed by atoms with Gasteiger partial charge in [0, 0.05) is 32.7 Å². The molecular weight excluding hydrogens is 376 g/mol. The van der Waals surface area contributed by atoms with E-state index in [1.807, 2.05) is 26.0 Å². The van der Waals surface area contributed by atoms with Gasteiger partial charge in [-0.15, -0.1) is 0 Å². The minimum Gasteiger partial charge on any atom is -0.491 e. The molecule has 5 heteroatoms. The molecule has 2 fully saturated rings. The average molecular weight is 417 g/mol. The molecule has 2 heterocycles. The lowest BCUT2D eigenvalue weighted by Gasteiger charge is -2.45. The zero-order valence-electron chi connectivity index (χ0n) is 19.1. The van der Waals surface area contributed by atoms with Crippen molar-refractivity contribution in [3.8, 4) is 5.75 Å². The van der Waals surface area contributed by atoms with Crippen molar-refractivity contribution in [1.29, 1.82) is 0 Å². The number of methoxy groups -OCH3 is 1. The fourth-order valence-corrected chi connectivity index (χ4v) is 5.01. The lowest BCUT2D eigenvalue weighted by Crippen LogP contribution is -2.52. The standard InChI is InChI=1S/C25H40N2O3/c1-20(2)30-23-12-9-21(10-13-23)11-14-25(28)27(17-18-29-3)19-22-7-6-16-26-15-5-4-8-24(22)26/h9-10,12-13,20,22,24H,4-8,11,14-19H2,1-3H3. The third-order valence-corrected chi connectivity index (χ3v) is 6.52. The predicted molar refractivity (Wildman–Crippen MR) is 121 cm³/mol. The third-order valence-electron chi connectivity index (χ3n) is 6.52. The quantitative estimate of drug-likeness (QED) is 0.575. The lowest BCUT2D eigenvalue weighted by atomic mass is 9.83. The topological polar surface area (TPSA) is 42.0 Å². The second-order valence-electron chi connectivity index (χ2n) is 9.14. The van der Waals surface area contributed by atoms with Crippen molar-refractivity contribution < 1.29 is 14.3 Å². The number of aryl methyl sites for hydroxylation is 1. The largest absolute Gasteiger partial charge is 0.491 e. The number of piperidine rings is 2. The molecule has 0 bridgehead atoms. The highest BCUT2D eigenvalue weighted by molar-refractivity contribution is 5.76. The molecule has 1 aromatic carbocycles. The number of amides is 1. The summed E-state index contributed by atoms with van der Waals surface area (Å²) in [5.74, 6) is 1.74. The van der Waals surface area contributed by atoms with Crippen LogP contribution in [0.25, 0.3) is 0 Å². The minimum absolute atomic E-state index is 0.173. The zero-order chi connectivity index (χ0) is 21.3. The number of carbonyl (C=O) groups is 1. The molecule has 1 amide bonds. The number of nitrogens with zero attached hydrogens (tertiary/aromatic N) is 2. The van der Waals surface area contributed by atoms with Gasteiger partial charge in [-0.2, -0.15) is 0 Å². The van der Waals surface area contributed by atoms with Crippen LogP contribution in [0.2, 0.25) is 0 Å². The number of carbonyl (C=O) groups excluding carboxylic acids is 1. The summed E-state index contributed by atoms with van der Waals surface area (Å²) in [4.78, 5) is 17.9. The minimum atomic E-state index is 0.173. The van der Waals surface area contributed by atoms with Crippen LogP contribution >= 0.6 is 0 Å². The second-order valence-corrected chi connectivity index (χ2v) is 9.14. The normalized spacial score (nSPS) is 22.0. The van der Waals surface area contributed by atoms with Crippen LogP contribution < -0.4 is 4.74 Å². The maximum atomic E-state index is 13.1. The molecule has 5 nitrogen and oxygen atoms in total.